The van der Waals surface area contributed by atoms with Crippen molar-refractivity contribution in [1.29, 1.82) is 0 Å². The van der Waals surface area contributed by atoms with Gasteiger partial charge < -0.3 is 4.90 Å². The zero-order chi connectivity index (χ0) is 13.9. The molecule has 0 saturated carbocycles. The lowest BCUT2D eigenvalue weighted by molar-refractivity contribution is 0.561. The van der Waals surface area contributed by atoms with Crippen LogP contribution in [0.15, 0.2) is 6.33 Å². The van der Waals surface area contributed by atoms with Crippen molar-refractivity contribution in [3.63, 3.8) is 0 Å². The van der Waals surface area contributed by atoms with Crippen molar-refractivity contribution >= 4 is 5.82 Å². The van der Waals surface area contributed by atoms with Crippen LogP contribution in [0.25, 0.3) is 0 Å². The maximum absolute atomic E-state index is 14.2. The molecule has 1 unspecified atom stereocenters. The van der Waals surface area contributed by atoms with Gasteiger partial charge in [-0.05, 0) is 18.8 Å². The van der Waals surface area contributed by atoms with E-state index in [-0.39, 0.29) is 5.82 Å². The third kappa shape index (κ3) is 2.45. The normalized spacial score (nSPS) is 18.7. The van der Waals surface area contributed by atoms with Crippen molar-refractivity contribution in [1.82, 2.24) is 30.6 Å². The number of aromatic amines is 1. The third-order valence-corrected chi connectivity index (χ3v) is 3.62. The molecule has 0 bridgehead atoms. The van der Waals surface area contributed by atoms with Crippen molar-refractivity contribution < 1.29 is 4.39 Å². The summed E-state index contributed by atoms with van der Waals surface area (Å²) >= 11 is 0. The van der Waals surface area contributed by atoms with E-state index in [1.54, 1.807) is 0 Å². The van der Waals surface area contributed by atoms with Gasteiger partial charge in [-0.2, -0.15) is 5.21 Å². The molecule has 0 spiro atoms. The average Bonchev–Trinajstić information content (AvgIpc) is 3.11. The van der Waals surface area contributed by atoms with Gasteiger partial charge >= 0.3 is 0 Å². The number of hydrogen-bond donors (Lipinski definition) is 1. The molecule has 3 rings (SSSR count). The lowest BCUT2D eigenvalue weighted by atomic mass is 10.1. The minimum absolute atomic E-state index is 0.296. The summed E-state index contributed by atoms with van der Waals surface area (Å²) in [6, 6.07) is 0. The van der Waals surface area contributed by atoms with Gasteiger partial charge in [0.25, 0.3) is 0 Å². The first kappa shape index (κ1) is 12.9. The highest BCUT2D eigenvalue weighted by Gasteiger charge is 2.27. The summed E-state index contributed by atoms with van der Waals surface area (Å²) in [5.41, 5.74) is 0.469. The molecule has 1 saturated heterocycles. The maximum Gasteiger partial charge on any atom is 0.187 e. The Morgan fingerprint density at radius 1 is 1.45 bits per heavy atom. The van der Waals surface area contributed by atoms with Crippen LogP contribution < -0.4 is 4.90 Å². The Kier molecular flexibility index (Phi) is 3.53. The van der Waals surface area contributed by atoms with Crippen molar-refractivity contribution in [3.8, 4) is 0 Å². The molecule has 3 heterocycles. The van der Waals surface area contributed by atoms with Crippen molar-refractivity contribution in [2.75, 3.05) is 18.0 Å². The summed E-state index contributed by atoms with van der Waals surface area (Å²) in [6.45, 7) is 3.43. The quantitative estimate of drug-likeness (QED) is 0.888. The monoisotopic (exact) mass is 277 g/mol. The van der Waals surface area contributed by atoms with Crippen LogP contribution in [0.2, 0.25) is 0 Å². The van der Waals surface area contributed by atoms with E-state index < -0.39 is 0 Å². The van der Waals surface area contributed by atoms with Crippen LogP contribution in [0, 0.1) is 11.7 Å². The molecule has 0 amide bonds. The van der Waals surface area contributed by atoms with Gasteiger partial charge in [0.05, 0.1) is 5.69 Å². The number of aromatic nitrogens is 6. The molecule has 1 atom stereocenters. The first-order valence-electron chi connectivity index (χ1n) is 6.74. The summed E-state index contributed by atoms with van der Waals surface area (Å²) in [7, 11) is 0. The number of rotatable bonds is 4. The number of halogens is 1. The predicted octanol–water partition coefficient (Wildman–Crippen LogP) is 0.760. The Labute approximate surface area is 115 Å². The molecule has 1 N–H and O–H groups in total. The van der Waals surface area contributed by atoms with Crippen LogP contribution in [0.5, 0.6) is 0 Å². The van der Waals surface area contributed by atoms with Gasteiger partial charge in [-0.25, -0.2) is 14.4 Å². The molecule has 8 heteroatoms. The van der Waals surface area contributed by atoms with Gasteiger partial charge in [0.15, 0.2) is 17.5 Å². The molecule has 0 radical (unpaired) electrons. The van der Waals surface area contributed by atoms with Gasteiger partial charge in [-0.3, -0.25) is 0 Å². The first-order chi connectivity index (χ1) is 9.78. The van der Waals surface area contributed by atoms with Gasteiger partial charge in [0.1, 0.15) is 6.33 Å². The number of nitrogens with zero attached hydrogens (tertiary/aromatic N) is 6. The molecular formula is C12H16FN7. The molecule has 106 valence electrons. The van der Waals surface area contributed by atoms with E-state index in [9.17, 15) is 4.39 Å². The second-order valence-electron chi connectivity index (χ2n) is 4.94. The molecule has 0 aliphatic carbocycles. The minimum atomic E-state index is -0.296. The van der Waals surface area contributed by atoms with E-state index in [4.69, 9.17) is 0 Å². The molecule has 0 aromatic carbocycles. The number of hydrogen-bond acceptors (Lipinski definition) is 6. The standard InChI is InChI=1S/C12H16FN7/c1-2-9-11(13)12(15-7-14-9)20-4-3-8(6-20)5-10-16-18-19-17-10/h7-8H,2-6H2,1H3,(H,16,17,18,19). The van der Waals surface area contributed by atoms with Gasteiger partial charge in [0.2, 0.25) is 0 Å². The summed E-state index contributed by atoms with van der Waals surface area (Å²) in [4.78, 5) is 10.0. The largest absolute Gasteiger partial charge is 0.354 e. The molecule has 1 aliphatic heterocycles. The number of nitrogens with one attached hydrogen (secondary N) is 1. The van der Waals surface area contributed by atoms with E-state index in [1.807, 2.05) is 11.8 Å². The highest BCUT2D eigenvalue weighted by atomic mass is 19.1. The highest BCUT2D eigenvalue weighted by Crippen LogP contribution is 2.26. The Balaban J connectivity index is 1.71. The van der Waals surface area contributed by atoms with Crippen LogP contribution in [0.3, 0.4) is 0 Å². The Morgan fingerprint density at radius 3 is 3.10 bits per heavy atom. The fourth-order valence-electron chi connectivity index (χ4n) is 2.58. The Hall–Kier alpha value is -2.12. The highest BCUT2D eigenvalue weighted by molar-refractivity contribution is 5.42. The van der Waals surface area contributed by atoms with Crippen molar-refractivity contribution in [2.45, 2.75) is 26.2 Å². The number of anilines is 1. The van der Waals surface area contributed by atoms with E-state index in [1.165, 1.54) is 6.33 Å². The van der Waals surface area contributed by atoms with Crippen molar-refractivity contribution in [2.24, 2.45) is 5.92 Å². The Bertz CT molecular complexity index is 571. The third-order valence-electron chi connectivity index (χ3n) is 3.62. The molecule has 1 aliphatic rings. The number of tetrazole rings is 1. The van der Waals surface area contributed by atoms with Gasteiger partial charge in [-0.15, -0.1) is 10.2 Å². The number of H-pyrrole nitrogens is 1. The minimum Gasteiger partial charge on any atom is -0.354 e. The first-order valence-corrected chi connectivity index (χ1v) is 6.74. The second kappa shape index (κ2) is 5.48. The van der Waals surface area contributed by atoms with E-state index in [0.29, 0.717) is 29.7 Å². The van der Waals surface area contributed by atoms with Crippen molar-refractivity contribution in [3.05, 3.63) is 23.7 Å². The SMILES string of the molecule is CCc1ncnc(N2CCC(Cc3nn[nH]n3)C2)c1F. The molecule has 2 aromatic rings. The average molecular weight is 277 g/mol. The lowest BCUT2D eigenvalue weighted by Crippen LogP contribution is -2.23. The summed E-state index contributed by atoms with van der Waals surface area (Å²) in [6.07, 6.45) is 3.73. The molecule has 20 heavy (non-hydrogen) atoms. The van der Waals surface area contributed by atoms with Crippen LogP contribution >= 0.6 is 0 Å². The predicted molar refractivity (Wildman–Crippen MR) is 69.6 cm³/mol. The van der Waals surface area contributed by atoms with Gasteiger partial charge in [0, 0.05) is 19.5 Å². The van der Waals surface area contributed by atoms with E-state index in [0.717, 1.165) is 25.9 Å². The number of aryl methyl sites for hydroxylation is 1. The maximum atomic E-state index is 14.2. The zero-order valence-electron chi connectivity index (χ0n) is 11.3. The van der Waals surface area contributed by atoms with Crippen LogP contribution in [-0.4, -0.2) is 43.7 Å². The van der Waals surface area contributed by atoms with Crippen LogP contribution in [0.1, 0.15) is 24.9 Å². The Morgan fingerprint density at radius 2 is 2.35 bits per heavy atom. The van der Waals surface area contributed by atoms with Crippen LogP contribution in [-0.2, 0) is 12.8 Å². The molecule has 1 fully saturated rings. The van der Waals surface area contributed by atoms with Gasteiger partial charge in [-0.1, -0.05) is 12.1 Å². The fourth-order valence-corrected chi connectivity index (χ4v) is 2.58. The molecule has 2 aromatic heterocycles. The van der Waals surface area contributed by atoms with E-state index in [2.05, 4.69) is 30.6 Å². The zero-order valence-corrected chi connectivity index (χ0v) is 11.3. The second-order valence-corrected chi connectivity index (χ2v) is 4.94. The van der Waals surface area contributed by atoms with E-state index >= 15 is 0 Å². The topological polar surface area (TPSA) is 83.5 Å². The summed E-state index contributed by atoms with van der Waals surface area (Å²) in [5, 5.41) is 13.9. The fraction of sp³-hybridized carbons (Fsp3) is 0.583. The van der Waals surface area contributed by atoms with Crippen LogP contribution in [0.4, 0.5) is 10.2 Å². The summed E-state index contributed by atoms with van der Waals surface area (Å²) < 4.78 is 14.2. The molecule has 7 nitrogen and oxygen atoms in total. The lowest BCUT2D eigenvalue weighted by Gasteiger charge is -2.18. The smallest absolute Gasteiger partial charge is 0.187 e. The molecular weight excluding hydrogens is 261 g/mol. The summed E-state index contributed by atoms with van der Waals surface area (Å²) in [5.74, 6) is 1.21.